The van der Waals surface area contributed by atoms with Crippen LogP contribution in [0.5, 0.6) is 0 Å². The highest BCUT2D eigenvalue weighted by molar-refractivity contribution is 5.92. The highest BCUT2D eigenvalue weighted by Gasteiger charge is 2.19. The highest BCUT2D eigenvalue weighted by atomic mass is 16.2. The predicted octanol–water partition coefficient (Wildman–Crippen LogP) is 0.0175. The molecule has 82 valence electrons. The lowest BCUT2D eigenvalue weighted by Gasteiger charge is -2.26. The number of piperazine rings is 1. The van der Waals surface area contributed by atoms with Crippen LogP contribution >= 0.6 is 0 Å². The van der Waals surface area contributed by atoms with E-state index >= 15 is 0 Å². The molecule has 0 aromatic carbocycles. The van der Waals surface area contributed by atoms with Crippen LogP contribution in [0.25, 0.3) is 0 Å². The first-order valence-corrected chi connectivity index (χ1v) is 5.35. The topological polar surface area (TPSA) is 61.0 Å². The van der Waals surface area contributed by atoms with Gasteiger partial charge in [0, 0.05) is 31.9 Å². The third-order valence-electron chi connectivity index (χ3n) is 2.64. The monoisotopic (exact) mass is 208 g/mol. The molecule has 2 N–H and O–H groups in total. The lowest BCUT2D eigenvalue weighted by Crippen LogP contribution is -2.46. The summed E-state index contributed by atoms with van der Waals surface area (Å²) in [7, 11) is 0. The van der Waals surface area contributed by atoms with Gasteiger partial charge in [0.05, 0.1) is 0 Å². The number of nitrogens with zero attached hydrogens (tertiary/aromatic N) is 2. The number of rotatable bonds is 2. The number of aromatic amines is 1. The SMILES string of the molecule is CCc1cc(C(=O)N2CCNCC2)n[nH]1. The van der Waals surface area contributed by atoms with Crippen molar-refractivity contribution in [3.8, 4) is 0 Å². The number of aromatic nitrogens is 2. The summed E-state index contributed by atoms with van der Waals surface area (Å²) in [4.78, 5) is 13.8. The van der Waals surface area contributed by atoms with Gasteiger partial charge in [-0.3, -0.25) is 9.89 Å². The third-order valence-corrected chi connectivity index (χ3v) is 2.64. The molecular weight excluding hydrogens is 192 g/mol. The Morgan fingerprint density at radius 1 is 1.53 bits per heavy atom. The van der Waals surface area contributed by atoms with E-state index < -0.39 is 0 Å². The zero-order valence-electron chi connectivity index (χ0n) is 8.92. The summed E-state index contributed by atoms with van der Waals surface area (Å²) in [6.07, 6.45) is 0.877. The lowest BCUT2D eigenvalue weighted by atomic mass is 10.2. The first-order valence-electron chi connectivity index (χ1n) is 5.35. The number of aryl methyl sites for hydroxylation is 1. The van der Waals surface area contributed by atoms with Crippen molar-refractivity contribution in [2.24, 2.45) is 0 Å². The Balaban J connectivity index is 2.05. The smallest absolute Gasteiger partial charge is 0.274 e. The average Bonchev–Trinajstić information content (AvgIpc) is 2.78. The van der Waals surface area contributed by atoms with Crippen LogP contribution in [0.3, 0.4) is 0 Å². The summed E-state index contributed by atoms with van der Waals surface area (Å²) in [6.45, 7) is 5.32. The molecule has 0 spiro atoms. The predicted molar refractivity (Wildman–Crippen MR) is 56.7 cm³/mol. The van der Waals surface area contributed by atoms with Gasteiger partial charge < -0.3 is 10.2 Å². The molecule has 0 aliphatic carbocycles. The van der Waals surface area contributed by atoms with Gasteiger partial charge in [0.2, 0.25) is 0 Å². The molecule has 15 heavy (non-hydrogen) atoms. The van der Waals surface area contributed by atoms with Crippen molar-refractivity contribution in [3.05, 3.63) is 17.5 Å². The van der Waals surface area contributed by atoms with Crippen molar-refractivity contribution in [2.45, 2.75) is 13.3 Å². The first-order chi connectivity index (χ1) is 7.31. The molecule has 1 amide bonds. The standard InChI is InChI=1S/C10H16N4O/c1-2-8-7-9(13-12-8)10(15)14-5-3-11-4-6-14/h7,11H,2-6H2,1H3,(H,12,13). The van der Waals surface area contributed by atoms with Gasteiger partial charge in [-0.1, -0.05) is 6.92 Å². The van der Waals surface area contributed by atoms with Crippen LogP contribution in [-0.2, 0) is 6.42 Å². The van der Waals surface area contributed by atoms with Gasteiger partial charge in [0.15, 0.2) is 0 Å². The molecule has 1 saturated heterocycles. The zero-order chi connectivity index (χ0) is 10.7. The molecule has 1 aromatic heterocycles. The highest BCUT2D eigenvalue weighted by Crippen LogP contribution is 2.05. The third kappa shape index (κ3) is 2.18. The Hall–Kier alpha value is -1.36. The van der Waals surface area contributed by atoms with Crippen molar-refractivity contribution in [3.63, 3.8) is 0 Å². The lowest BCUT2D eigenvalue weighted by molar-refractivity contribution is 0.0730. The van der Waals surface area contributed by atoms with Gasteiger partial charge in [-0.25, -0.2) is 0 Å². The minimum Gasteiger partial charge on any atom is -0.335 e. The second-order valence-electron chi connectivity index (χ2n) is 3.67. The molecule has 0 radical (unpaired) electrons. The number of amides is 1. The fourth-order valence-corrected chi connectivity index (χ4v) is 1.68. The Labute approximate surface area is 88.8 Å². The summed E-state index contributed by atoms with van der Waals surface area (Å²) in [5.41, 5.74) is 1.54. The molecule has 1 fully saturated rings. The Morgan fingerprint density at radius 3 is 2.87 bits per heavy atom. The van der Waals surface area contributed by atoms with E-state index in [1.807, 2.05) is 17.9 Å². The first kappa shape index (κ1) is 10.2. The molecule has 0 saturated carbocycles. The van der Waals surface area contributed by atoms with Crippen LogP contribution in [0.1, 0.15) is 23.1 Å². The largest absolute Gasteiger partial charge is 0.335 e. The van der Waals surface area contributed by atoms with Crippen LogP contribution in [-0.4, -0.2) is 47.2 Å². The van der Waals surface area contributed by atoms with Gasteiger partial charge in [0.25, 0.3) is 5.91 Å². The van der Waals surface area contributed by atoms with E-state index in [2.05, 4.69) is 15.5 Å². The van der Waals surface area contributed by atoms with E-state index in [4.69, 9.17) is 0 Å². The molecular formula is C10H16N4O. The normalized spacial score (nSPS) is 16.7. The fourth-order valence-electron chi connectivity index (χ4n) is 1.68. The van der Waals surface area contributed by atoms with Crippen molar-refractivity contribution in [1.29, 1.82) is 0 Å². The number of hydrogen-bond donors (Lipinski definition) is 2. The van der Waals surface area contributed by atoms with Crippen molar-refractivity contribution in [2.75, 3.05) is 26.2 Å². The number of carbonyl (C=O) groups excluding carboxylic acids is 1. The van der Waals surface area contributed by atoms with E-state index in [9.17, 15) is 4.79 Å². The minimum absolute atomic E-state index is 0.0347. The Bertz CT molecular complexity index is 341. The van der Waals surface area contributed by atoms with Crippen molar-refractivity contribution >= 4 is 5.91 Å². The average molecular weight is 208 g/mol. The molecule has 2 heterocycles. The fraction of sp³-hybridized carbons (Fsp3) is 0.600. The van der Waals surface area contributed by atoms with Gasteiger partial charge >= 0.3 is 0 Å². The zero-order valence-corrected chi connectivity index (χ0v) is 8.92. The second kappa shape index (κ2) is 4.44. The van der Waals surface area contributed by atoms with Gasteiger partial charge in [-0.2, -0.15) is 5.10 Å². The molecule has 1 aliphatic heterocycles. The summed E-state index contributed by atoms with van der Waals surface area (Å²) >= 11 is 0. The van der Waals surface area contributed by atoms with Crippen molar-refractivity contribution in [1.82, 2.24) is 20.4 Å². The number of nitrogens with one attached hydrogen (secondary N) is 2. The maximum atomic E-state index is 11.9. The van der Waals surface area contributed by atoms with Crippen LogP contribution in [0.2, 0.25) is 0 Å². The summed E-state index contributed by atoms with van der Waals surface area (Å²) in [6, 6.07) is 1.84. The molecule has 5 heteroatoms. The van der Waals surface area contributed by atoms with Gasteiger partial charge in [-0.15, -0.1) is 0 Å². The molecule has 1 aliphatic rings. The number of hydrogen-bond acceptors (Lipinski definition) is 3. The quantitative estimate of drug-likeness (QED) is 0.720. The van der Waals surface area contributed by atoms with E-state index in [1.165, 1.54) is 0 Å². The van der Waals surface area contributed by atoms with E-state index in [0.717, 1.165) is 38.3 Å². The number of H-pyrrole nitrogens is 1. The van der Waals surface area contributed by atoms with Gasteiger partial charge in [-0.05, 0) is 12.5 Å². The van der Waals surface area contributed by atoms with E-state index in [-0.39, 0.29) is 5.91 Å². The minimum atomic E-state index is 0.0347. The molecule has 0 bridgehead atoms. The van der Waals surface area contributed by atoms with Crippen LogP contribution in [0, 0.1) is 0 Å². The van der Waals surface area contributed by atoms with E-state index in [1.54, 1.807) is 0 Å². The van der Waals surface area contributed by atoms with E-state index in [0.29, 0.717) is 5.69 Å². The Morgan fingerprint density at radius 2 is 2.27 bits per heavy atom. The summed E-state index contributed by atoms with van der Waals surface area (Å²) in [5, 5.41) is 10.1. The second-order valence-corrected chi connectivity index (χ2v) is 3.67. The maximum Gasteiger partial charge on any atom is 0.274 e. The van der Waals surface area contributed by atoms with Gasteiger partial charge in [0.1, 0.15) is 5.69 Å². The van der Waals surface area contributed by atoms with Crippen LogP contribution in [0.4, 0.5) is 0 Å². The number of carbonyl (C=O) groups is 1. The Kier molecular flexibility index (Phi) is 3.01. The summed E-state index contributed by atoms with van der Waals surface area (Å²) in [5.74, 6) is 0.0347. The van der Waals surface area contributed by atoms with Crippen molar-refractivity contribution < 1.29 is 4.79 Å². The molecule has 0 unspecified atom stereocenters. The molecule has 1 aromatic rings. The van der Waals surface area contributed by atoms with Crippen LogP contribution in [0.15, 0.2) is 6.07 Å². The molecule has 2 rings (SSSR count). The molecule has 0 atom stereocenters. The summed E-state index contributed by atoms with van der Waals surface area (Å²) < 4.78 is 0. The van der Waals surface area contributed by atoms with Crippen LogP contribution < -0.4 is 5.32 Å². The molecule has 5 nitrogen and oxygen atoms in total. The maximum absolute atomic E-state index is 11.9.